The van der Waals surface area contributed by atoms with Crippen LogP contribution in [0.2, 0.25) is 0 Å². The molecular formula is C12H16N2O3. The van der Waals surface area contributed by atoms with Gasteiger partial charge in [-0.2, -0.15) is 0 Å². The van der Waals surface area contributed by atoms with Crippen molar-refractivity contribution in [1.82, 2.24) is 5.32 Å². The van der Waals surface area contributed by atoms with Gasteiger partial charge in [0.05, 0.1) is 7.11 Å². The molecule has 0 aromatic heterocycles. The predicted octanol–water partition coefficient (Wildman–Crippen LogP) is 0.805. The Morgan fingerprint density at radius 2 is 2.35 bits per heavy atom. The SMILES string of the molecule is COc1ccc2c(c1)C[C@@H](COC(N)=O)NC2. The van der Waals surface area contributed by atoms with Crippen LogP contribution in [-0.4, -0.2) is 25.9 Å². The third-order valence-electron chi connectivity index (χ3n) is 2.89. The lowest BCUT2D eigenvalue weighted by Crippen LogP contribution is -2.40. The number of nitrogens with one attached hydrogen (secondary N) is 1. The van der Waals surface area contributed by atoms with Gasteiger partial charge in [-0.3, -0.25) is 0 Å². The van der Waals surface area contributed by atoms with Crippen LogP contribution in [0.4, 0.5) is 4.79 Å². The fraction of sp³-hybridized carbons (Fsp3) is 0.417. The zero-order valence-corrected chi connectivity index (χ0v) is 9.73. The van der Waals surface area contributed by atoms with E-state index in [9.17, 15) is 4.79 Å². The first-order valence-corrected chi connectivity index (χ1v) is 5.50. The van der Waals surface area contributed by atoms with Gasteiger partial charge in [0.25, 0.3) is 0 Å². The van der Waals surface area contributed by atoms with Crippen LogP contribution in [0.3, 0.4) is 0 Å². The summed E-state index contributed by atoms with van der Waals surface area (Å²) in [5, 5.41) is 3.29. The Hall–Kier alpha value is -1.75. The molecule has 0 fully saturated rings. The van der Waals surface area contributed by atoms with Crippen molar-refractivity contribution in [3.63, 3.8) is 0 Å². The van der Waals surface area contributed by atoms with Gasteiger partial charge < -0.3 is 20.5 Å². The van der Waals surface area contributed by atoms with E-state index in [4.69, 9.17) is 15.2 Å². The average Bonchev–Trinajstić information content (AvgIpc) is 2.35. The van der Waals surface area contributed by atoms with E-state index in [0.717, 1.165) is 18.7 Å². The first kappa shape index (κ1) is 11.7. The van der Waals surface area contributed by atoms with Crippen molar-refractivity contribution in [2.75, 3.05) is 13.7 Å². The minimum Gasteiger partial charge on any atom is -0.497 e. The second-order valence-electron chi connectivity index (χ2n) is 4.05. The summed E-state index contributed by atoms with van der Waals surface area (Å²) in [6.45, 7) is 1.07. The summed E-state index contributed by atoms with van der Waals surface area (Å²) in [6.07, 6.45) is 0.0723. The Balaban J connectivity index is 2.03. The smallest absolute Gasteiger partial charge is 0.404 e. The van der Waals surface area contributed by atoms with Gasteiger partial charge in [0.2, 0.25) is 0 Å². The van der Waals surface area contributed by atoms with Crippen LogP contribution in [0.25, 0.3) is 0 Å². The first-order valence-electron chi connectivity index (χ1n) is 5.50. The van der Waals surface area contributed by atoms with Gasteiger partial charge in [-0.25, -0.2) is 4.79 Å². The molecule has 2 rings (SSSR count). The summed E-state index contributed by atoms with van der Waals surface area (Å²) in [7, 11) is 1.65. The molecule has 3 N–H and O–H groups in total. The largest absolute Gasteiger partial charge is 0.497 e. The molecule has 0 unspecified atom stereocenters. The highest BCUT2D eigenvalue weighted by Gasteiger charge is 2.19. The molecule has 5 heteroatoms. The van der Waals surface area contributed by atoms with Crippen LogP contribution in [-0.2, 0) is 17.7 Å². The van der Waals surface area contributed by atoms with E-state index in [1.807, 2.05) is 18.2 Å². The molecule has 1 aromatic rings. The third-order valence-corrected chi connectivity index (χ3v) is 2.89. The summed E-state index contributed by atoms with van der Waals surface area (Å²) in [4.78, 5) is 10.5. The van der Waals surface area contributed by atoms with E-state index < -0.39 is 6.09 Å². The second kappa shape index (κ2) is 5.05. The number of rotatable bonds is 3. The van der Waals surface area contributed by atoms with Gasteiger partial charge >= 0.3 is 6.09 Å². The number of fused-ring (bicyclic) bond motifs is 1. The highest BCUT2D eigenvalue weighted by atomic mass is 16.5. The first-order chi connectivity index (χ1) is 8.19. The van der Waals surface area contributed by atoms with Gasteiger partial charge in [-0.1, -0.05) is 6.07 Å². The second-order valence-corrected chi connectivity index (χ2v) is 4.05. The Morgan fingerprint density at radius 3 is 3.06 bits per heavy atom. The van der Waals surface area contributed by atoms with E-state index in [1.54, 1.807) is 7.11 Å². The topological polar surface area (TPSA) is 73.6 Å². The normalized spacial score (nSPS) is 18.3. The number of benzene rings is 1. The van der Waals surface area contributed by atoms with Gasteiger partial charge in [-0.05, 0) is 29.7 Å². The Bertz CT molecular complexity index is 420. The summed E-state index contributed by atoms with van der Waals surface area (Å²) in [5.41, 5.74) is 7.42. The van der Waals surface area contributed by atoms with Crippen molar-refractivity contribution < 1.29 is 14.3 Å². The zero-order valence-electron chi connectivity index (χ0n) is 9.73. The zero-order chi connectivity index (χ0) is 12.3. The molecule has 1 heterocycles. The van der Waals surface area contributed by atoms with E-state index in [1.165, 1.54) is 11.1 Å². The lowest BCUT2D eigenvalue weighted by Gasteiger charge is -2.25. The molecule has 0 saturated heterocycles. The number of ether oxygens (including phenoxy) is 2. The maximum Gasteiger partial charge on any atom is 0.404 e. The minimum absolute atomic E-state index is 0.113. The van der Waals surface area contributed by atoms with Gasteiger partial charge in [-0.15, -0.1) is 0 Å². The number of methoxy groups -OCH3 is 1. The lowest BCUT2D eigenvalue weighted by molar-refractivity contribution is 0.141. The molecule has 5 nitrogen and oxygen atoms in total. The third kappa shape index (κ3) is 2.88. The highest BCUT2D eigenvalue weighted by Crippen LogP contribution is 2.22. The van der Waals surface area contributed by atoms with Gasteiger partial charge in [0, 0.05) is 12.6 Å². The molecule has 92 valence electrons. The molecular weight excluding hydrogens is 220 g/mol. The summed E-state index contributed by atoms with van der Waals surface area (Å²) >= 11 is 0. The number of carbonyl (C=O) groups is 1. The Labute approximate surface area is 99.9 Å². The Kier molecular flexibility index (Phi) is 3.49. The predicted molar refractivity (Wildman–Crippen MR) is 62.9 cm³/mol. The molecule has 0 radical (unpaired) electrons. The fourth-order valence-corrected chi connectivity index (χ4v) is 1.98. The number of hydrogen-bond donors (Lipinski definition) is 2. The van der Waals surface area contributed by atoms with E-state index >= 15 is 0 Å². The van der Waals surface area contributed by atoms with Gasteiger partial charge in [0.1, 0.15) is 12.4 Å². The number of primary amides is 1. The van der Waals surface area contributed by atoms with Crippen LogP contribution < -0.4 is 15.8 Å². The molecule has 1 amide bonds. The molecule has 1 atom stereocenters. The van der Waals surface area contributed by atoms with Crippen molar-refractivity contribution in [2.45, 2.75) is 19.0 Å². The number of carbonyl (C=O) groups excluding carboxylic acids is 1. The fourth-order valence-electron chi connectivity index (χ4n) is 1.98. The van der Waals surface area contributed by atoms with Crippen LogP contribution in [0, 0.1) is 0 Å². The Morgan fingerprint density at radius 1 is 1.53 bits per heavy atom. The van der Waals surface area contributed by atoms with Crippen molar-refractivity contribution in [2.24, 2.45) is 5.73 Å². The van der Waals surface area contributed by atoms with E-state index in [-0.39, 0.29) is 6.04 Å². The van der Waals surface area contributed by atoms with E-state index in [0.29, 0.717) is 6.61 Å². The number of amides is 1. The van der Waals surface area contributed by atoms with Crippen LogP contribution >= 0.6 is 0 Å². The number of nitrogens with two attached hydrogens (primary N) is 1. The van der Waals surface area contributed by atoms with Crippen molar-refractivity contribution in [3.05, 3.63) is 29.3 Å². The van der Waals surface area contributed by atoms with Crippen LogP contribution in [0.5, 0.6) is 5.75 Å². The maximum absolute atomic E-state index is 10.5. The lowest BCUT2D eigenvalue weighted by atomic mass is 9.96. The number of hydrogen-bond acceptors (Lipinski definition) is 4. The standard InChI is InChI=1S/C12H16N2O3/c1-16-11-3-2-8-6-14-10(4-9(8)5-11)7-17-12(13)15/h2-3,5,10,14H,4,6-7H2,1H3,(H2,13,15)/t10-/m0/s1. The van der Waals surface area contributed by atoms with E-state index in [2.05, 4.69) is 5.32 Å². The highest BCUT2D eigenvalue weighted by molar-refractivity contribution is 5.64. The molecule has 0 saturated carbocycles. The minimum atomic E-state index is -0.733. The summed E-state index contributed by atoms with van der Waals surface area (Å²) in [6, 6.07) is 6.13. The molecule has 1 aliphatic rings. The molecule has 1 aliphatic heterocycles. The molecule has 0 aliphatic carbocycles. The molecule has 0 bridgehead atoms. The quantitative estimate of drug-likeness (QED) is 0.814. The van der Waals surface area contributed by atoms with Gasteiger partial charge in [0.15, 0.2) is 0 Å². The molecule has 0 spiro atoms. The van der Waals surface area contributed by atoms with Crippen molar-refractivity contribution in [3.8, 4) is 5.75 Å². The van der Waals surface area contributed by atoms with Crippen molar-refractivity contribution >= 4 is 6.09 Å². The summed E-state index contributed by atoms with van der Waals surface area (Å²) in [5.74, 6) is 0.847. The van der Waals surface area contributed by atoms with Crippen molar-refractivity contribution in [1.29, 1.82) is 0 Å². The molecule has 1 aromatic carbocycles. The molecule has 17 heavy (non-hydrogen) atoms. The van der Waals surface area contributed by atoms with Crippen LogP contribution in [0.1, 0.15) is 11.1 Å². The summed E-state index contributed by atoms with van der Waals surface area (Å²) < 4.78 is 9.99. The van der Waals surface area contributed by atoms with Crippen LogP contribution in [0.15, 0.2) is 18.2 Å². The average molecular weight is 236 g/mol. The monoisotopic (exact) mass is 236 g/mol. The maximum atomic E-state index is 10.5.